The molecule has 40 heavy (non-hydrogen) atoms. The Kier molecular flexibility index (Phi) is 33.7. The summed E-state index contributed by atoms with van der Waals surface area (Å²) < 4.78 is 64.3. The second-order valence-electron chi connectivity index (χ2n) is 7.89. The molecular formula is C20H48N4O14S2. The van der Waals surface area contributed by atoms with Crippen molar-refractivity contribution in [2.45, 2.75) is 94.5 Å². The molecule has 0 aliphatic heterocycles. The van der Waals surface area contributed by atoms with Crippen LogP contribution in [-0.4, -0.2) is 82.2 Å². The summed E-state index contributed by atoms with van der Waals surface area (Å²) in [6.45, 7) is 2.22. The fourth-order valence-electron chi connectivity index (χ4n) is 2.80. The van der Waals surface area contributed by atoms with Crippen molar-refractivity contribution in [3.63, 3.8) is 0 Å². The van der Waals surface area contributed by atoms with Crippen molar-refractivity contribution in [2.24, 2.45) is 0 Å². The molecule has 2 atom stereocenters. The molecule has 0 aromatic carbocycles. The van der Waals surface area contributed by atoms with Gasteiger partial charge in [-0.15, -0.1) is 0 Å². The number of hydrogen-bond donors (Lipinski definition) is 9. The van der Waals surface area contributed by atoms with Crippen molar-refractivity contribution in [1.29, 1.82) is 0 Å². The van der Waals surface area contributed by atoms with Gasteiger partial charge in [-0.05, 0) is 6.42 Å². The van der Waals surface area contributed by atoms with Gasteiger partial charge in [0.2, 0.25) is 0 Å². The number of esters is 1. The first-order valence-corrected chi connectivity index (χ1v) is 14.3. The Balaban J connectivity index is -0.000000156. The fraction of sp³-hybridized carbons (Fsp3) is 0.800. The Hall–Kier alpha value is -2.46. The number of carbonyl (C=O) groups is 4. The molecule has 0 rings (SSSR count). The number of carboxylic acid groups (broad SMARTS) is 3. The lowest BCUT2D eigenvalue weighted by Crippen LogP contribution is -2.34. The van der Waals surface area contributed by atoms with E-state index in [4.69, 9.17) is 29.2 Å². The summed E-state index contributed by atoms with van der Waals surface area (Å²) >= 11 is 0. The average Bonchev–Trinajstić information content (AvgIpc) is 2.72. The summed E-state index contributed by atoms with van der Waals surface area (Å²) in [5.41, 5.74) is 0. The number of carboxylic acids is 3. The summed E-state index contributed by atoms with van der Waals surface area (Å²) in [5, 5.41) is 20.4. The molecule has 0 saturated heterocycles. The van der Waals surface area contributed by atoms with Crippen LogP contribution in [0, 0.1) is 0 Å². The van der Waals surface area contributed by atoms with E-state index in [1.807, 2.05) is 0 Å². The van der Waals surface area contributed by atoms with Gasteiger partial charge in [-0.1, -0.05) is 64.7 Å². The smallest absolute Gasteiger partial charge is 0.327 e. The third-order valence-electron chi connectivity index (χ3n) is 4.72. The molecule has 17 N–H and O–H groups in total. The Morgan fingerprint density at radius 3 is 1.20 bits per heavy atom. The number of unbranched alkanes of at least 4 members (excludes halogenated alkanes) is 9. The van der Waals surface area contributed by atoms with Gasteiger partial charge in [-0.2, -0.15) is 16.8 Å². The van der Waals surface area contributed by atoms with Crippen molar-refractivity contribution >= 4 is 44.1 Å². The van der Waals surface area contributed by atoms with Gasteiger partial charge < -0.3 is 44.7 Å². The van der Waals surface area contributed by atoms with E-state index < -0.39 is 67.5 Å². The summed E-state index contributed by atoms with van der Waals surface area (Å²) in [6.07, 6.45) is 8.93. The van der Waals surface area contributed by atoms with Gasteiger partial charge in [-0.25, -0.2) is 0 Å². The van der Waals surface area contributed by atoms with E-state index in [9.17, 15) is 36.0 Å². The fourth-order valence-corrected chi connectivity index (χ4v) is 4.08. The maximum absolute atomic E-state index is 11.6. The van der Waals surface area contributed by atoms with Gasteiger partial charge in [0.25, 0.3) is 20.2 Å². The van der Waals surface area contributed by atoms with Crippen LogP contribution < -0.4 is 24.6 Å². The molecule has 0 aliphatic rings. The largest absolute Gasteiger partial charge is 0.481 e. The molecule has 0 heterocycles. The molecule has 18 nitrogen and oxygen atoms in total. The Bertz CT molecular complexity index is 914. The SMILES string of the molecule is CCCCCCCCCCCCOC(=O)C(CC(=O)O)S(=O)(=O)O.N.N.N.N.O=C(O)CC(C(=O)O)S(=O)(=O)O. The molecular weight excluding hydrogens is 584 g/mol. The highest BCUT2D eigenvalue weighted by Crippen LogP contribution is 2.12. The number of ether oxygens (including phenoxy) is 1. The van der Waals surface area contributed by atoms with Crippen LogP contribution >= 0.6 is 0 Å². The van der Waals surface area contributed by atoms with Gasteiger partial charge in [-0.3, -0.25) is 28.3 Å². The predicted molar refractivity (Wildman–Crippen MR) is 146 cm³/mol. The van der Waals surface area contributed by atoms with Crippen molar-refractivity contribution < 1.29 is 65.2 Å². The normalized spacial score (nSPS) is 11.8. The molecule has 20 heteroatoms. The number of rotatable bonds is 19. The van der Waals surface area contributed by atoms with Gasteiger partial charge in [0, 0.05) is 0 Å². The highest BCUT2D eigenvalue weighted by atomic mass is 32.2. The lowest BCUT2D eigenvalue weighted by Gasteiger charge is -2.11. The monoisotopic (exact) mass is 632 g/mol. The first-order valence-electron chi connectivity index (χ1n) is 11.3. The zero-order valence-electron chi connectivity index (χ0n) is 22.9. The van der Waals surface area contributed by atoms with E-state index in [1.165, 1.54) is 38.5 Å². The predicted octanol–water partition coefficient (Wildman–Crippen LogP) is 2.63. The second kappa shape index (κ2) is 26.7. The van der Waals surface area contributed by atoms with Gasteiger partial charge in [0.1, 0.15) is 0 Å². The lowest BCUT2D eigenvalue weighted by atomic mass is 10.1. The van der Waals surface area contributed by atoms with Crippen molar-refractivity contribution in [1.82, 2.24) is 24.6 Å². The van der Waals surface area contributed by atoms with Crippen LogP contribution in [0.15, 0.2) is 0 Å². The minimum Gasteiger partial charge on any atom is -0.481 e. The molecule has 0 aliphatic carbocycles. The first-order chi connectivity index (χ1) is 16.5. The second-order valence-corrected chi connectivity index (χ2v) is 11.1. The molecule has 0 fully saturated rings. The summed E-state index contributed by atoms with van der Waals surface area (Å²) in [7, 11) is -9.62. The third kappa shape index (κ3) is 28.5. The van der Waals surface area contributed by atoms with Gasteiger partial charge >= 0.3 is 23.9 Å². The minimum absolute atomic E-state index is 0. The highest BCUT2D eigenvalue weighted by Gasteiger charge is 2.35. The Morgan fingerprint density at radius 2 is 0.925 bits per heavy atom. The first kappa shape index (κ1) is 50.4. The van der Waals surface area contributed by atoms with Crippen LogP contribution in [0.3, 0.4) is 0 Å². The molecule has 0 aromatic rings. The quantitative estimate of drug-likeness (QED) is 0.0560. The van der Waals surface area contributed by atoms with Crippen LogP contribution in [0.5, 0.6) is 0 Å². The maximum Gasteiger partial charge on any atom is 0.327 e. The van der Waals surface area contributed by atoms with Crippen molar-refractivity contribution in [3.8, 4) is 0 Å². The standard InChI is InChI=1S/C16H30O7S.C4H6O7S.4H3N/c1-2-3-4-5-6-7-8-9-10-11-12-23-16(19)14(13-15(17)18)24(20,21)22;5-3(6)1-2(4(7)8)12(9,10)11;;;;/h14H,2-13H2,1H3,(H,17,18)(H,20,21,22);2H,1H2,(H,5,6)(H,7,8)(H,9,10,11);4*1H3. The zero-order chi connectivity index (χ0) is 28.4. The molecule has 244 valence electrons. The number of hydrogen-bond acceptors (Lipinski definition) is 13. The van der Waals surface area contributed by atoms with E-state index in [-0.39, 0.29) is 31.2 Å². The van der Waals surface area contributed by atoms with Crippen LogP contribution in [0.25, 0.3) is 0 Å². The number of carbonyl (C=O) groups excluding carboxylic acids is 1. The molecule has 0 aromatic heterocycles. The summed E-state index contributed by atoms with van der Waals surface area (Å²) in [4.78, 5) is 42.1. The van der Waals surface area contributed by atoms with E-state index in [0.29, 0.717) is 6.42 Å². The third-order valence-corrected chi connectivity index (χ3v) is 6.89. The minimum atomic E-state index is -4.84. The molecule has 0 saturated carbocycles. The average molecular weight is 633 g/mol. The van der Waals surface area contributed by atoms with Gasteiger partial charge in [0.05, 0.1) is 19.4 Å². The van der Waals surface area contributed by atoms with E-state index in [1.54, 1.807) is 0 Å². The molecule has 0 amide bonds. The molecule has 0 spiro atoms. The maximum atomic E-state index is 11.6. The Morgan fingerprint density at radius 1 is 0.600 bits per heavy atom. The van der Waals surface area contributed by atoms with Crippen LogP contribution in [0.1, 0.15) is 84.0 Å². The van der Waals surface area contributed by atoms with Crippen LogP contribution in [-0.2, 0) is 44.2 Å². The van der Waals surface area contributed by atoms with E-state index in [0.717, 1.165) is 19.3 Å². The molecule has 0 bridgehead atoms. The lowest BCUT2D eigenvalue weighted by molar-refractivity contribution is -0.147. The summed E-state index contributed by atoms with van der Waals surface area (Å²) in [5.74, 6) is -6.20. The summed E-state index contributed by atoms with van der Waals surface area (Å²) in [6, 6.07) is 0. The van der Waals surface area contributed by atoms with Crippen molar-refractivity contribution in [3.05, 3.63) is 0 Å². The molecule has 0 radical (unpaired) electrons. The highest BCUT2D eigenvalue weighted by molar-refractivity contribution is 7.87. The van der Waals surface area contributed by atoms with E-state index in [2.05, 4.69) is 6.92 Å². The zero-order valence-corrected chi connectivity index (χ0v) is 24.5. The van der Waals surface area contributed by atoms with Gasteiger partial charge in [0.15, 0.2) is 10.5 Å². The van der Waals surface area contributed by atoms with E-state index >= 15 is 0 Å². The van der Waals surface area contributed by atoms with Crippen molar-refractivity contribution in [2.75, 3.05) is 6.61 Å². The number of aliphatic carboxylic acids is 3. The Labute approximate surface area is 235 Å². The molecule has 2 unspecified atom stereocenters. The van der Waals surface area contributed by atoms with Crippen LogP contribution in [0.4, 0.5) is 0 Å². The topological polar surface area (TPSA) is 387 Å². The van der Waals surface area contributed by atoms with Crippen LogP contribution in [0.2, 0.25) is 0 Å².